The van der Waals surface area contributed by atoms with Gasteiger partial charge in [0.2, 0.25) is 5.91 Å². The largest absolute Gasteiger partial charge is 0.399 e. The second-order valence-corrected chi connectivity index (χ2v) is 5.23. The lowest BCUT2D eigenvalue weighted by Crippen LogP contribution is -2.48. The molecule has 2 aromatic rings. The lowest BCUT2D eigenvalue weighted by Gasteiger charge is -2.28. The molecule has 7 heteroatoms. The highest BCUT2D eigenvalue weighted by atomic mass is 32.1. The number of thiazole rings is 1. The minimum Gasteiger partial charge on any atom is -0.399 e. The lowest BCUT2D eigenvalue weighted by molar-refractivity contribution is -0.117. The maximum absolute atomic E-state index is 12.0. The fraction of sp³-hybridized carbons (Fsp3) is 0.214. The Morgan fingerprint density at radius 2 is 2.19 bits per heavy atom. The highest BCUT2D eigenvalue weighted by molar-refractivity contribution is 7.07. The molecule has 0 unspecified atom stereocenters. The molecule has 1 aromatic carbocycles. The molecule has 1 aromatic heterocycles. The van der Waals surface area contributed by atoms with Crippen LogP contribution in [0.25, 0.3) is 0 Å². The van der Waals surface area contributed by atoms with Crippen molar-refractivity contribution in [2.75, 3.05) is 10.6 Å². The molecule has 0 radical (unpaired) electrons. The van der Waals surface area contributed by atoms with Crippen LogP contribution < -0.4 is 16.0 Å². The van der Waals surface area contributed by atoms with Crippen molar-refractivity contribution in [3.05, 3.63) is 40.8 Å². The molecule has 2 rings (SSSR count). The second-order valence-electron chi connectivity index (χ2n) is 4.51. The van der Waals surface area contributed by atoms with E-state index in [4.69, 9.17) is 5.73 Å². The zero-order valence-electron chi connectivity index (χ0n) is 11.7. The summed E-state index contributed by atoms with van der Waals surface area (Å²) in [5, 5.41) is 4.40. The molecular weight excluding hydrogens is 288 g/mol. The van der Waals surface area contributed by atoms with Gasteiger partial charge in [0.25, 0.3) is 5.91 Å². The highest BCUT2D eigenvalue weighted by Crippen LogP contribution is 2.19. The number of benzene rings is 1. The predicted molar refractivity (Wildman–Crippen MR) is 83.1 cm³/mol. The number of nitrogens with two attached hydrogens (primary N) is 1. The summed E-state index contributed by atoms with van der Waals surface area (Å²) in [5.74, 6) is -0.509. The van der Waals surface area contributed by atoms with Gasteiger partial charge in [-0.2, -0.15) is 0 Å². The molecule has 2 amide bonds. The van der Waals surface area contributed by atoms with Gasteiger partial charge >= 0.3 is 0 Å². The Hall–Kier alpha value is -2.41. The number of anilines is 2. The van der Waals surface area contributed by atoms with Crippen LogP contribution in [0, 0.1) is 0 Å². The summed E-state index contributed by atoms with van der Waals surface area (Å²) in [5.41, 5.74) is 8.85. The molecule has 110 valence electrons. The van der Waals surface area contributed by atoms with Crippen molar-refractivity contribution in [3.63, 3.8) is 0 Å². The van der Waals surface area contributed by atoms with E-state index in [0.717, 1.165) is 0 Å². The summed E-state index contributed by atoms with van der Waals surface area (Å²) in [7, 11) is 0. The topological polar surface area (TPSA) is 88.3 Å². The first kappa shape index (κ1) is 15.0. The molecule has 0 saturated carbocycles. The SMILES string of the molecule is CC(=O)N(c1cccc(N)c1)[C@@H](C)NC(=O)c1cscn1. The number of nitrogens with one attached hydrogen (secondary N) is 1. The number of amides is 2. The molecule has 1 heterocycles. The Labute approximate surface area is 126 Å². The second kappa shape index (κ2) is 6.36. The van der Waals surface area contributed by atoms with Gasteiger partial charge in [0, 0.05) is 23.7 Å². The van der Waals surface area contributed by atoms with Crippen molar-refractivity contribution in [3.8, 4) is 0 Å². The smallest absolute Gasteiger partial charge is 0.272 e. The number of rotatable bonds is 4. The standard InChI is InChI=1S/C14H16N4O2S/c1-9(17-14(20)13-7-21-8-16-13)18(10(2)19)12-5-3-4-11(15)6-12/h3-9H,15H2,1-2H3,(H,17,20)/t9-/m0/s1. The van der Waals surface area contributed by atoms with Gasteiger partial charge < -0.3 is 11.1 Å². The highest BCUT2D eigenvalue weighted by Gasteiger charge is 2.21. The minimum absolute atomic E-state index is 0.188. The van der Waals surface area contributed by atoms with Crippen LogP contribution >= 0.6 is 11.3 Å². The maximum atomic E-state index is 12.0. The Kier molecular flexibility index (Phi) is 4.54. The van der Waals surface area contributed by atoms with Crippen LogP contribution in [-0.4, -0.2) is 23.0 Å². The molecule has 0 spiro atoms. The molecule has 21 heavy (non-hydrogen) atoms. The molecule has 0 saturated heterocycles. The van der Waals surface area contributed by atoms with Gasteiger partial charge in [-0.1, -0.05) is 6.07 Å². The van der Waals surface area contributed by atoms with E-state index in [1.54, 1.807) is 42.1 Å². The maximum Gasteiger partial charge on any atom is 0.272 e. The lowest BCUT2D eigenvalue weighted by atomic mass is 10.2. The Balaban J connectivity index is 2.18. The number of hydrogen-bond donors (Lipinski definition) is 2. The first-order chi connectivity index (χ1) is 9.99. The normalized spacial score (nSPS) is 11.7. The fourth-order valence-corrected chi connectivity index (χ4v) is 2.54. The van der Waals surface area contributed by atoms with Crippen molar-refractivity contribution in [1.29, 1.82) is 0 Å². The summed E-state index contributed by atoms with van der Waals surface area (Å²) in [6, 6.07) is 6.95. The summed E-state index contributed by atoms with van der Waals surface area (Å²) in [4.78, 5) is 29.3. The van der Waals surface area contributed by atoms with Crippen LogP contribution in [0.15, 0.2) is 35.2 Å². The number of hydrogen-bond acceptors (Lipinski definition) is 5. The molecule has 1 atom stereocenters. The summed E-state index contributed by atoms with van der Waals surface area (Å²) in [6.07, 6.45) is -0.515. The number of carbonyl (C=O) groups is 2. The van der Waals surface area contributed by atoms with Crippen LogP contribution in [0.4, 0.5) is 11.4 Å². The molecule has 6 nitrogen and oxygen atoms in total. The van der Waals surface area contributed by atoms with E-state index in [1.165, 1.54) is 23.2 Å². The molecule has 3 N–H and O–H groups in total. The van der Waals surface area contributed by atoms with Crippen LogP contribution in [0.5, 0.6) is 0 Å². The average Bonchev–Trinajstić information content (AvgIpc) is 2.92. The van der Waals surface area contributed by atoms with E-state index in [-0.39, 0.29) is 11.8 Å². The van der Waals surface area contributed by atoms with Gasteiger partial charge in [0.15, 0.2) is 0 Å². The zero-order valence-corrected chi connectivity index (χ0v) is 12.6. The van der Waals surface area contributed by atoms with Crippen LogP contribution in [-0.2, 0) is 4.79 Å². The van der Waals surface area contributed by atoms with Gasteiger partial charge in [-0.25, -0.2) is 4.98 Å². The third-order valence-electron chi connectivity index (χ3n) is 2.88. The third-order valence-corrected chi connectivity index (χ3v) is 3.47. The van der Waals surface area contributed by atoms with Gasteiger partial charge in [-0.3, -0.25) is 14.5 Å². The molecular formula is C14H16N4O2S. The molecule has 0 aliphatic heterocycles. The predicted octanol–water partition coefficient (Wildman–Crippen LogP) is 1.85. The van der Waals surface area contributed by atoms with Crippen LogP contribution in [0.1, 0.15) is 24.3 Å². The molecule has 0 aliphatic carbocycles. The number of carbonyl (C=O) groups excluding carboxylic acids is 2. The molecule has 0 aliphatic rings. The number of nitrogen functional groups attached to an aromatic ring is 1. The summed E-state index contributed by atoms with van der Waals surface area (Å²) >= 11 is 1.34. The van der Waals surface area contributed by atoms with E-state index in [1.807, 2.05) is 0 Å². The zero-order chi connectivity index (χ0) is 15.4. The molecule has 0 fully saturated rings. The quantitative estimate of drug-likeness (QED) is 0.666. The van der Waals surface area contributed by atoms with Crippen LogP contribution in [0.3, 0.4) is 0 Å². The van der Waals surface area contributed by atoms with E-state index >= 15 is 0 Å². The van der Waals surface area contributed by atoms with Gasteiger partial charge in [-0.15, -0.1) is 11.3 Å². The first-order valence-corrected chi connectivity index (χ1v) is 7.27. The van der Waals surface area contributed by atoms with Gasteiger partial charge in [0.05, 0.1) is 5.51 Å². The monoisotopic (exact) mass is 304 g/mol. The van der Waals surface area contributed by atoms with Crippen molar-refractivity contribution in [2.45, 2.75) is 20.0 Å². The molecule has 0 bridgehead atoms. The fourth-order valence-electron chi connectivity index (χ4n) is 2.01. The Bertz CT molecular complexity index is 642. The van der Waals surface area contributed by atoms with Gasteiger partial charge in [-0.05, 0) is 25.1 Å². The third kappa shape index (κ3) is 3.57. The van der Waals surface area contributed by atoms with E-state index in [0.29, 0.717) is 17.1 Å². The van der Waals surface area contributed by atoms with E-state index < -0.39 is 6.17 Å². The van der Waals surface area contributed by atoms with E-state index in [2.05, 4.69) is 10.3 Å². The Morgan fingerprint density at radius 3 is 2.76 bits per heavy atom. The average molecular weight is 304 g/mol. The van der Waals surface area contributed by atoms with Gasteiger partial charge in [0.1, 0.15) is 11.9 Å². The van der Waals surface area contributed by atoms with E-state index in [9.17, 15) is 9.59 Å². The van der Waals surface area contributed by atoms with Crippen molar-refractivity contribution in [2.24, 2.45) is 0 Å². The van der Waals surface area contributed by atoms with Crippen molar-refractivity contribution < 1.29 is 9.59 Å². The summed E-state index contributed by atoms with van der Waals surface area (Å²) < 4.78 is 0. The summed E-state index contributed by atoms with van der Waals surface area (Å²) in [6.45, 7) is 3.17. The van der Waals surface area contributed by atoms with Crippen molar-refractivity contribution >= 4 is 34.5 Å². The number of nitrogens with zero attached hydrogens (tertiary/aromatic N) is 2. The minimum atomic E-state index is -0.515. The number of aromatic nitrogens is 1. The first-order valence-electron chi connectivity index (χ1n) is 6.33. The van der Waals surface area contributed by atoms with Crippen LogP contribution in [0.2, 0.25) is 0 Å². The van der Waals surface area contributed by atoms with Crippen molar-refractivity contribution in [1.82, 2.24) is 10.3 Å². The Morgan fingerprint density at radius 1 is 1.43 bits per heavy atom.